The van der Waals surface area contributed by atoms with E-state index < -0.39 is 0 Å². The maximum absolute atomic E-state index is 11.9. The van der Waals surface area contributed by atoms with Gasteiger partial charge in [0.05, 0.1) is 17.6 Å². The van der Waals surface area contributed by atoms with Gasteiger partial charge >= 0.3 is 0 Å². The second-order valence-corrected chi connectivity index (χ2v) is 5.79. The van der Waals surface area contributed by atoms with Crippen LogP contribution in [0.2, 0.25) is 5.02 Å². The standard InChI is InChI=1S/C15H19ClN4O2/c1-10(2)18-14(21)8-20(3)9-15(22)19-12-5-4-11(7-17)13(16)6-12/h4-6,10H,8-9H2,1-3H3,(H,18,21)(H,19,22)/p+1. The number of benzene rings is 1. The van der Waals surface area contributed by atoms with E-state index in [1.54, 1.807) is 19.2 Å². The van der Waals surface area contributed by atoms with Crippen LogP contribution in [0, 0.1) is 11.3 Å². The van der Waals surface area contributed by atoms with E-state index in [9.17, 15) is 9.59 Å². The lowest BCUT2D eigenvalue weighted by atomic mass is 10.2. The average molecular weight is 324 g/mol. The van der Waals surface area contributed by atoms with Gasteiger partial charge in [-0.15, -0.1) is 0 Å². The summed E-state index contributed by atoms with van der Waals surface area (Å²) in [5, 5.41) is 14.6. The number of hydrogen-bond acceptors (Lipinski definition) is 3. The molecule has 0 radical (unpaired) electrons. The zero-order valence-electron chi connectivity index (χ0n) is 12.9. The van der Waals surface area contributed by atoms with Gasteiger partial charge in [0, 0.05) is 11.7 Å². The van der Waals surface area contributed by atoms with E-state index in [1.165, 1.54) is 6.07 Å². The largest absolute Gasteiger partial charge is 0.349 e. The minimum atomic E-state index is -0.226. The molecule has 0 saturated heterocycles. The van der Waals surface area contributed by atoms with Crippen LogP contribution in [0.4, 0.5) is 5.69 Å². The van der Waals surface area contributed by atoms with E-state index in [4.69, 9.17) is 16.9 Å². The van der Waals surface area contributed by atoms with Crippen LogP contribution in [-0.2, 0) is 9.59 Å². The molecule has 1 unspecified atom stereocenters. The number of nitriles is 1. The number of anilines is 1. The topological polar surface area (TPSA) is 86.4 Å². The lowest BCUT2D eigenvalue weighted by molar-refractivity contribution is -0.862. The maximum Gasteiger partial charge on any atom is 0.279 e. The summed E-state index contributed by atoms with van der Waals surface area (Å²) >= 11 is 5.90. The number of likely N-dealkylation sites (N-methyl/N-ethyl adjacent to an activating group) is 1. The van der Waals surface area contributed by atoms with Crippen LogP contribution >= 0.6 is 11.6 Å². The van der Waals surface area contributed by atoms with Gasteiger partial charge in [0.15, 0.2) is 13.1 Å². The van der Waals surface area contributed by atoms with Crippen molar-refractivity contribution < 1.29 is 14.5 Å². The third-order valence-electron chi connectivity index (χ3n) is 2.75. The second-order valence-electron chi connectivity index (χ2n) is 5.39. The molecule has 3 N–H and O–H groups in total. The number of hydrogen-bond donors (Lipinski definition) is 3. The molecule has 0 aromatic heterocycles. The molecule has 0 aliphatic heterocycles. The van der Waals surface area contributed by atoms with E-state index >= 15 is 0 Å². The first kappa shape index (κ1) is 18.0. The second kappa shape index (κ2) is 8.37. The Bertz CT molecular complexity index is 596. The predicted octanol–water partition coefficient (Wildman–Crippen LogP) is 0.189. The molecule has 2 amide bonds. The normalized spacial score (nSPS) is 11.6. The van der Waals surface area contributed by atoms with E-state index in [2.05, 4.69) is 10.6 Å². The summed E-state index contributed by atoms with van der Waals surface area (Å²) in [6, 6.07) is 6.72. The van der Waals surface area contributed by atoms with Crippen LogP contribution in [0.5, 0.6) is 0 Å². The highest BCUT2D eigenvalue weighted by molar-refractivity contribution is 6.32. The van der Waals surface area contributed by atoms with Gasteiger partial charge in [-0.3, -0.25) is 9.59 Å². The Morgan fingerprint density at radius 1 is 1.32 bits per heavy atom. The summed E-state index contributed by atoms with van der Waals surface area (Å²) in [6.45, 7) is 4.14. The van der Waals surface area contributed by atoms with E-state index in [-0.39, 0.29) is 36.0 Å². The smallest absolute Gasteiger partial charge is 0.279 e. The number of carbonyl (C=O) groups is 2. The number of nitrogens with one attached hydrogen (secondary N) is 3. The Balaban J connectivity index is 2.51. The first-order valence-electron chi connectivity index (χ1n) is 6.92. The molecule has 1 atom stereocenters. The molecule has 0 aliphatic carbocycles. The molecular weight excluding hydrogens is 304 g/mol. The monoisotopic (exact) mass is 323 g/mol. The fourth-order valence-electron chi connectivity index (χ4n) is 1.87. The van der Waals surface area contributed by atoms with Gasteiger partial charge in [-0.05, 0) is 32.0 Å². The van der Waals surface area contributed by atoms with Crippen molar-refractivity contribution >= 4 is 29.1 Å². The molecule has 0 spiro atoms. The molecule has 1 aromatic rings. The maximum atomic E-state index is 11.9. The number of nitrogens with zero attached hydrogens (tertiary/aromatic N) is 1. The quantitative estimate of drug-likeness (QED) is 0.698. The van der Waals surface area contributed by atoms with Crippen molar-refractivity contribution in [1.82, 2.24) is 5.32 Å². The molecule has 0 saturated carbocycles. The van der Waals surface area contributed by atoms with Crippen molar-refractivity contribution in [2.75, 3.05) is 25.5 Å². The van der Waals surface area contributed by atoms with Gasteiger partial charge in [0.1, 0.15) is 6.07 Å². The summed E-state index contributed by atoms with van der Waals surface area (Å²) in [5.74, 6) is -0.322. The molecule has 0 heterocycles. The van der Waals surface area contributed by atoms with Crippen molar-refractivity contribution in [3.05, 3.63) is 28.8 Å². The van der Waals surface area contributed by atoms with Gasteiger partial charge in [-0.2, -0.15) is 5.26 Å². The number of rotatable bonds is 6. The summed E-state index contributed by atoms with van der Waals surface area (Å²) in [5.41, 5.74) is 0.876. The molecule has 7 heteroatoms. The highest BCUT2D eigenvalue weighted by Crippen LogP contribution is 2.19. The Labute approximate surface area is 135 Å². The van der Waals surface area contributed by atoms with Crippen LogP contribution in [0.25, 0.3) is 0 Å². The fourth-order valence-corrected chi connectivity index (χ4v) is 2.10. The number of halogens is 1. The van der Waals surface area contributed by atoms with Crippen molar-refractivity contribution in [3.63, 3.8) is 0 Å². The van der Waals surface area contributed by atoms with Crippen LogP contribution in [0.1, 0.15) is 19.4 Å². The Hall–Kier alpha value is -2.10. The van der Waals surface area contributed by atoms with Gasteiger partial charge in [0.25, 0.3) is 11.8 Å². The highest BCUT2D eigenvalue weighted by Gasteiger charge is 2.15. The van der Waals surface area contributed by atoms with Crippen molar-refractivity contribution in [3.8, 4) is 6.07 Å². The highest BCUT2D eigenvalue weighted by atomic mass is 35.5. The molecule has 0 aliphatic rings. The summed E-state index contributed by atoms with van der Waals surface area (Å²) in [7, 11) is 1.77. The van der Waals surface area contributed by atoms with Crippen LogP contribution < -0.4 is 15.5 Å². The third kappa shape index (κ3) is 6.12. The molecule has 0 fully saturated rings. The lowest BCUT2D eigenvalue weighted by Crippen LogP contribution is -3.11. The number of quaternary nitrogens is 1. The van der Waals surface area contributed by atoms with E-state index in [1.807, 2.05) is 19.9 Å². The molecule has 118 valence electrons. The van der Waals surface area contributed by atoms with Crippen molar-refractivity contribution in [2.45, 2.75) is 19.9 Å². The van der Waals surface area contributed by atoms with E-state index in [0.717, 1.165) is 4.90 Å². The van der Waals surface area contributed by atoms with Gasteiger partial charge < -0.3 is 15.5 Å². The third-order valence-corrected chi connectivity index (χ3v) is 3.06. The fraction of sp³-hybridized carbons (Fsp3) is 0.400. The molecule has 1 rings (SSSR count). The Morgan fingerprint density at radius 3 is 2.50 bits per heavy atom. The van der Waals surface area contributed by atoms with Gasteiger partial charge in [-0.25, -0.2) is 0 Å². The average Bonchev–Trinajstić information content (AvgIpc) is 2.37. The predicted molar refractivity (Wildman–Crippen MR) is 84.7 cm³/mol. The molecule has 6 nitrogen and oxygen atoms in total. The SMILES string of the molecule is CC(C)NC(=O)C[NH+](C)CC(=O)Nc1ccc(C#N)c(Cl)c1. The van der Waals surface area contributed by atoms with Crippen LogP contribution in [0.15, 0.2) is 18.2 Å². The lowest BCUT2D eigenvalue weighted by Gasteiger charge is -2.15. The minimum absolute atomic E-state index is 0.0786. The molecule has 1 aromatic carbocycles. The molecule has 22 heavy (non-hydrogen) atoms. The first-order chi connectivity index (χ1) is 10.3. The zero-order chi connectivity index (χ0) is 16.7. The Kier molecular flexibility index (Phi) is 6.83. The number of carbonyl (C=O) groups excluding carboxylic acids is 2. The zero-order valence-corrected chi connectivity index (χ0v) is 13.6. The first-order valence-corrected chi connectivity index (χ1v) is 7.29. The Morgan fingerprint density at radius 2 is 1.95 bits per heavy atom. The van der Waals surface area contributed by atoms with Crippen LogP contribution in [0.3, 0.4) is 0 Å². The number of amides is 2. The van der Waals surface area contributed by atoms with Crippen molar-refractivity contribution in [2.24, 2.45) is 0 Å². The van der Waals surface area contributed by atoms with E-state index in [0.29, 0.717) is 11.3 Å². The van der Waals surface area contributed by atoms with Gasteiger partial charge in [-0.1, -0.05) is 11.6 Å². The summed E-state index contributed by atoms with van der Waals surface area (Å²) < 4.78 is 0. The van der Waals surface area contributed by atoms with Crippen LogP contribution in [-0.4, -0.2) is 38.0 Å². The summed E-state index contributed by atoms with van der Waals surface area (Å²) in [4.78, 5) is 24.3. The molecular formula is C15H20ClN4O2+. The minimum Gasteiger partial charge on any atom is -0.349 e. The summed E-state index contributed by atoms with van der Waals surface area (Å²) in [6.07, 6.45) is 0. The van der Waals surface area contributed by atoms with Gasteiger partial charge in [0.2, 0.25) is 0 Å². The molecule has 0 bridgehead atoms. The van der Waals surface area contributed by atoms with Crippen molar-refractivity contribution in [1.29, 1.82) is 5.26 Å².